The van der Waals surface area contributed by atoms with Gasteiger partial charge in [0.1, 0.15) is 6.54 Å². The molecule has 1 aliphatic rings. The number of rotatable bonds is 6. The number of nitrogens with one attached hydrogen (secondary N) is 1. The molecular weight excluding hydrogens is 384 g/mol. The van der Waals surface area contributed by atoms with Crippen molar-refractivity contribution >= 4 is 21.6 Å². The second-order valence-electron chi connectivity index (χ2n) is 7.77. The van der Waals surface area contributed by atoms with Crippen LogP contribution in [-0.2, 0) is 14.8 Å². The van der Waals surface area contributed by atoms with Gasteiger partial charge in [0.25, 0.3) is 10.0 Å². The van der Waals surface area contributed by atoms with Crippen molar-refractivity contribution in [3.63, 3.8) is 0 Å². The van der Waals surface area contributed by atoms with Crippen molar-refractivity contribution in [3.05, 3.63) is 60.2 Å². The molecule has 1 fully saturated rings. The Morgan fingerprint density at radius 3 is 2.28 bits per heavy atom. The molecular formula is C23H30N2O3S. The van der Waals surface area contributed by atoms with E-state index in [0.29, 0.717) is 5.69 Å². The minimum atomic E-state index is -3.85. The molecule has 0 atom stereocenters. The standard InChI is InChI=1S/C23H30N2O3S/c1-19-11-10-14-21(17-19)25(29(27,28)22-15-8-5-9-16-22)18-23(26)24-20-12-6-3-2-4-7-13-20/h5,8-11,14-17,20H,2-4,6-7,12-13,18H2,1H3,(H,24,26). The molecule has 0 heterocycles. The number of nitrogens with zero attached hydrogens (tertiary/aromatic N) is 1. The first-order chi connectivity index (χ1) is 14.0. The zero-order valence-corrected chi connectivity index (χ0v) is 17.8. The molecule has 0 radical (unpaired) electrons. The molecule has 1 N–H and O–H groups in total. The fourth-order valence-corrected chi connectivity index (χ4v) is 5.26. The molecule has 1 saturated carbocycles. The van der Waals surface area contributed by atoms with Crippen LogP contribution in [0.3, 0.4) is 0 Å². The molecule has 0 saturated heterocycles. The molecule has 3 rings (SSSR count). The monoisotopic (exact) mass is 414 g/mol. The third-order valence-electron chi connectivity index (χ3n) is 5.38. The number of sulfonamides is 1. The Labute approximate surface area is 174 Å². The molecule has 5 nitrogen and oxygen atoms in total. The van der Waals surface area contributed by atoms with Gasteiger partial charge in [0, 0.05) is 6.04 Å². The van der Waals surface area contributed by atoms with Crippen molar-refractivity contribution in [1.82, 2.24) is 5.32 Å². The minimum Gasteiger partial charge on any atom is -0.352 e. The summed E-state index contributed by atoms with van der Waals surface area (Å²) < 4.78 is 27.9. The fourth-order valence-electron chi connectivity index (χ4n) is 3.82. The molecule has 2 aromatic rings. The first kappa shape index (κ1) is 21.4. The number of benzene rings is 2. The summed E-state index contributed by atoms with van der Waals surface area (Å²) >= 11 is 0. The lowest BCUT2D eigenvalue weighted by Crippen LogP contribution is -2.44. The summed E-state index contributed by atoms with van der Waals surface area (Å²) in [6.07, 6.45) is 7.79. The Bertz CT molecular complexity index is 905. The summed E-state index contributed by atoms with van der Waals surface area (Å²) in [7, 11) is -3.85. The van der Waals surface area contributed by atoms with Gasteiger partial charge in [0.05, 0.1) is 10.6 Å². The first-order valence-electron chi connectivity index (χ1n) is 10.4. The van der Waals surface area contributed by atoms with Crippen molar-refractivity contribution in [2.24, 2.45) is 0 Å². The van der Waals surface area contributed by atoms with Gasteiger partial charge >= 0.3 is 0 Å². The molecule has 1 aliphatic carbocycles. The average molecular weight is 415 g/mol. The van der Waals surface area contributed by atoms with Crippen LogP contribution in [0.25, 0.3) is 0 Å². The van der Waals surface area contributed by atoms with Gasteiger partial charge < -0.3 is 5.32 Å². The SMILES string of the molecule is Cc1cccc(N(CC(=O)NC2CCCCCCC2)S(=O)(=O)c2ccccc2)c1. The van der Waals surface area contributed by atoms with Crippen molar-refractivity contribution in [2.45, 2.75) is 62.8 Å². The second kappa shape index (κ2) is 9.92. The molecule has 0 aliphatic heterocycles. The molecule has 0 unspecified atom stereocenters. The van der Waals surface area contributed by atoms with Gasteiger partial charge in [-0.25, -0.2) is 8.42 Å². The Morgan fingerprint density at radius 1 is 0.966 bits per heavy atom. The van der Waals surface area contributed by atoms with E-state index in [2.05, 4.69) is 5.32 Å². The number of aryl methyl sites for hydroxylation is 1. The van der Waals surface area contributed by atoms with Crippen LogP contribution >= 0.6 is 0 Å². The maximum atomic E-state index is 13.3. The van der Waals surface area contributed by atoms with Crippen molar-refractivity contribution in [1.29, 1.82) is 0 Å². The van der Waals surface area contributed by atoms with Gasteiger partial charge in [0.15, 0.2) is 0 Å². The third-order valence-corrected chi connectivity index (χ3v) is 7.17. The third kappa shape index (κ3) is 5.82. The Kier molecular flexibility index (Phi) is 7.31. The Hall–Kier alpha value is -2.34. The van der Waals surface area contributed by atoms with E-state index in [0.717, 1.165) is 31.2 Å². The molecule has 6 heteroatoms. The molecule has 0 aromatic heterocycles. The average Bonchev–Trinajstić information content (AvgIpc) is 2.68. The topological polar surface area (TPSA) is 66.5 Å². The summed E-state index contributed by atoms with van der Waals surface area (Å²) in [6.45, 7) is 1.68. The zero-order chi connectivity index (χ0) is 20.7. The molecule has 29 heavy (non-hydrogen) atoms. The maximum Gasteiger partial charge on any atom is 0.264 e. The highest BCUT2D eigenvalue weighted by Gasteiger charge is 2.28. The van der Waals surface area contributed by atoms with Crippen LogP contribution in [-0.4, -0.2) is 26.9 Å². The van der Waals surface area contributed by atoms with Crippen LogP contribution in [0.15, 0.2) is 59.5 Å². The number of carbonyl (C=O) groups excluding carboxylic acids is 1. The van der Waals surface area contributed by atoms with E-state index < -0.39 is 10.0 Å². The normalized spacial score (nSPS) is 15.9. The second-order valence-corrected chi connectivity index (χ2v) is 9.64. The van der Waals surface area contributed by atoms with E-state index >= 15 is 0 Å². The molecule has 156 valence electrons. The highest BCUT2D eigenvalue weighted by Crippen LogP contribution is 2.24. The number of amides is 1. The van der Waals surface area contributed by atoms with Gasteiger partial charge in [-0.3, -0.25) is 9.10 Å². The quantitative estimate of drug-likeness (QED) is 0.761. The van der Waals surface area contributed by atoms with Crippen LogP contribution in [0.5, 0.6) is 0 Å². The smallest absolute Gasteiger partial charge is 0.264 e. The summed E-state index contributed by atoms with van der Waals surface area (Å²) in [5.41, 5.74) is 1.44. The van der Waals surface area contributed by atoms with Crippen LogP contribution < -0.4 is 9.62 Å². The maximum absolute atomic E-state index is 13.3. The number of hydrogen-bond acceptors (Lipinski definition) is 3. The lowest BCUT2D eigenvalue weighted by Gasteiger charge is -2.26. The van der Waals surface area contributed by atoms with Crippen LogP contribution in [0.2, 0.25) is 0 Å². The predicted molar refractivity (Wildman–Crippen MR) is 116 cm³/mol. The van der Waals surface area contributed by atoms with Crippen molar-refractivity contribution in [2.75, 3.05) is 10.8 Å². The fraction of sp³-hybridized carbons (Fsp3) is 0.435. The summed E-state index contributed by atoms with van der Waals surface area (Å²) in [6, 6.07) is 15.6. The van der Waals surface area contributed by atoms with Gasteiger partial charge in [-0.05, 0) is 49.6 Å². The summed E-state index contributed by atoms with van der Waals surface area (Å²) in [4.78, 5) is 13.0. The largest absolute Gasteiger partial charge is 0.352 e. The van der Waals surface area contributed by atoms with Gasteiger partial charge in [0.2, 0.25) is 5.91 Å². The van der Waals surface area contributed by atoms with Crippen LogP contribution in [0.4, 0.5) is 5.69 Å². The van der Waals surface area contributed by atoms with E-state index in [1.807, 2.05) is 19.1 Å². The first-order valence-corrected chi connectivity index (χ1v) is 11.8. The number of hydrogen-bond donors (Lipinski definition) is 1. The van der Waals surface area contributed by atoms with Crippen molar-refractivity contribution < 1.29 is 13.2 Å². The molecule has 0 bridgehead atoms. The van der Waals surface area contributed by atoms with Crippen molar-refractivity contribution in [3.8, 4) is 0 Å². The number of carbonyl (C=O) groups is 1. The van der Waals surface area contributed by atoms with Gasteiger partial charge in [-0.1, -0.05) is 62.4 Å². The summed E-state index contributed by atoms with van der Waals surface area (Å²) in [5.74, 6) is -0.253. The minimum absolute atomic E-state index is 0.126. The van der Waals surface area contributed by atoms with Gasteiger partial charge in [-0.15, -0.1) is 0 Å². The van der Waals surface area contributed by atoms with Crippen LogP contribution in [0, 0.1) is 6.92 Å². The van der Waals surface area contributed by atoms with E-state index in [1.54, 1.807) is 42.5 Å². The van der Waals surface area contributed by atoms with Crippen LogP contribution in [0.1, 0.15) is 50.5 Å². The highest BCUT2D eigenvalue weighted by atomic mass is 32.2. The lowest BCUT2D eigenvalue weighted by atomic mass is 9.97. The predicted octanol–water partition coefficient (Wildman–Crippen LogP) is 4.42. The molecule has 1 amide bonds. The number of anilines is 1. The lowest BCUT2D eigenvalue weighted by molar-refractivity contribution is -0.120. The summed E-state index contributed by atoms with van der Waals surface area (Å²) in [5, 5.41) is 3.08. The highest BCUT2D eigenvalue weighted by molar-refractivity contribution is 7.92. The molecule has 0 spiro atoms. The van der Waals surface area contributed by atoms with E-state index in [1.165, 1.54) is 23.6 Å². The Balaban J connectivity index is 1.82. The molecule has 2 aromatic carbocycles. The van der Waals surface area contributed by atoms with Gasteiger partial charge in [-0.2, -0.15) is 0 Å². The zero-order valence-electron chi connectivity index (χ0n) is 17.0. The van der Waals surface area contributed by atoms with E-state index in [4.69, 9.17) is 0 Å². The van der Waals surface area contributed by atoms with E-state index in [9.17, 15) is 13.2 Å². The Morgan fingerprint density at radius 2 is 1.62 bits per heavy atom. The van der Waals surface area contributed by atoms with E-state index in [-0.39, 0.29) is 23.4 Å².